The van der Waals surface area contributed by atoms with Crippen LogP contribution in [0.2, 0.25) is 0 Å². The molecule has 0 spiro atoms. The Morgan fingerprint density at radius 1 is 1.40 bits per heavy atom. The maximum Gasteiger partial charge on any atom is 0.268 e. The van der Waals surface area contributed by atoms with Crippen LogP contribution in [0.4, 0.5) is 5.69 Å². The van der Waals surface area contributed by atoms with E-state index in [1.54, 1.807) is 19.4 Å². The topological polar surface area (TPSA) is 69.3 Å². The van der Waals surface area contributed by atoms with Crippen LogP contribution >= 0.6 is 0 Å². The zero-order valence-corrected chi connectivity index (χ0v) is 11.7. The molecule has 2 aromatic rings. The van der Waals surface area contributed by atoms with E-state index >= 15 is 0 Å². The van der Waals surface area contributed by atoms with Crippen LogP contribution < -0.4 is 15.8 Å². The van der Waals surface area contributed by atoms with E-state index in [1.165, 1.54) is 0 Å². The molecule has 0 bridgehead atoms. The molecule has 0 atom stereocenters. The molecule has 0 aliphatic heterocycles. The van der Waals surface area contributed by atoms with Crippen LogP contribution in [0.5, 0.6) is 5.75 Å². The van der Waals surface area contributed by atoms with Crippen molar-refractivity contribution in [3.63, 3.8) is 0 Å². The van der Waals surface area contributed by atoms with Gasteiger partial charge in [0.2, 0.25) is 0 Å². The van der Waals surface area contributed by atoms with E-state index in [4.69, 9.17) is 10.5 Å². The van der Waals surface area contributed by atoms with Crippen LogP contribution in [0.3, 0.4) is 0 Å². The van der Waals surface area contributed by atoms with E-state index in [9.17, 15) is 4.79 Å². The number of anilines is 1. The molecule has 5 heteroatoms. The van der Waals surface area contributed by atoms with Crippen molar-refractivity contribution < 1.29 is 9.53 Å². The zero-order chi connectivity index (χ0) is 14.5. The van der Waals surface area contributed by atoms with Crippen molar-refractivity contribution >= 4 is 11.6 Å². The number of aromatic nitrogens is 1. The Labute approximate surface area is 118 Å². The number of nitrogens with one attached hydrogen (secondary N) is 1. The van der Waals surface area contributed by atoms with E-state index in [1.807, 2.05) is 35.8 Å². The first-order valence-electron chi connectivity index (χ1n) is 6.50. The number of ether oxygens (including phenoxy) is 1. The summed E-state index contributed by atoms with van der Waals surface area (Å²) in [5.74, 6) is 0.643. The molecule has 2 rings (SSSR count). The van der Waals surface area contributed by atoms with Crippen molar-refractivity contribution in [3.05, 3.63) is 47.8 Å². The highest BCUT2D eigenvalue weighted by atomic mass is 16.5. The van der Waals surface area contributed by atoms with E-state index < -0.39 is 0 Å². The fourth-order valence-corrected chi connectivity index (χ4v) is 2.04. The second-order valence-electron chi connectivity index (χ2n) is 4.48. The molecule has 1 amide bonds. The molecular weight excluding hydrogens is 254 g/mol. The van der Waals surface area contributed by atoms with Gasteiger partial charge in [0.05, 0.1) is 12.8 Å². The lowest BCUT2D eigenvalue weighted by atomic mass is 10.2. The minimum absolute atomic E-state index is 0.133. The number of rotatable bonds is 5. The van der Waals surface area contributed by atoms with E-state index in [-0.39, 0.29) is 5.91 Å². The third kappa shape index (κ3) is 3.12. The van der Waals surface area contributed by atoms with Gasteiger partial charge in [-0.1, -0.05) is 12.1 Å². The molecule has 106 valence electrons. The zero-order valence-electron chi connectivity index (χ0n) is 11.7. The summed E-state index contributed by atoms with van der Waals surface area (Å²) in [6, 6.07) is 9.29. The molecular formula is C15H19N3O2. The predicted octanol–water partition coefficient (Wildman–Crippen LogP) is 2.03. The summed E-state index contributed by atoms with van der Waals surface area (Å²) in [5.41, 5.74) is 7.88. The summed E-state index contributed by atoms with van der Waals surface area (Å²) >= 11 is 0. The van der Waals surface area contributed by atoms with Gasteiger partial charge in [0.15, 0.2) is 0 Å². The van der Waals surface area contributed by atoms with Crippen LogP contribution in [0.15, 0.2) is 36.5 Å². The second kappa shape index (κ2) is 6.14. The van der Waals surface area contributed by atoms with Crippen LogP contribution in [-0.2, 0) is 13.1 Å². The third-order valence-electron chi connectivity index (χ3n) is 3.08. The maximum atomic E-state index is 12.1. The molecule has 1 heterocycles. The first kappa shape index (κ1) is 14.0. The van der Waals surface area contributed by atoms with Gasteiger partial charge in [-0.3, -0.25) is 4.79 Å². The molecule has 0 fully saturated rings. The Morgan fingerprint density at radius 3 is 2.90 bits per heavy atom. The standard InChI is InChI=1S/C15H19N3O2/c1-3-18-10-12(16)8-14(18)15(19)17-9-11-5-4-6-13(7-11)20-2/h4-8,10H,3,9,16H2,1-2H3,(H,17,19). The SMILES string of the molecule is CCn1cc(N)cc1C(=O)NCc1cccc(OC)c1. The first-order valence-corrected chi connectivity index (χ1v) is 6.50. The highest BCUT2D eigenvalue weighted by molar-refractivity contribution is 5.93. The van der Waals surface area contributed by atoms with Crippen molar-refractivity contribution in [2.24, 2.45) is 0 Å². The van der Waals surface area contributed by atoms with Crippen molar-refractivity contribution in [2.75, 3.05) is 12.8 Å². The molecule has 1 aromatic carbocycles. The van der Waals surface area contributed by atoms with Gasteiger partial charge < -0.3 is 20.4 Å². The van der Waals surface area contributed by atoms with Crippen molar-refractivity contribution in [2.45, 2.75) is 20.0 Å². The summed E-state index contributed by atoms with van der Waals surface area (Å²) in [7, 11) is 1.62. The molecule has 0 saturated heterocycles. The number of nitrogens with zero attached hydrogens (tertiary/aromatic N) is 1. The molecule has 0 aliphatic rings. The second-order valence-corrected chi connectivity index (χ2v) is 4.48. The summed E-state index contributed by atoms with van der Waals surface area (Å²) < 4.78 is 6.98. The molecule has 20 heavy (non-hydrogen) atoms. The largest absolute Gasteiger partial charge is 0.497 e. The molecule has 3 N–H and O–H groups in total. The lowest BCUT2D eigenvalue weighted by Crippen LogP contribution is -2.25. The van der Waals surface area contributed by atoms with E-state index in [0.717, 1.165) is 11.3 Å². The number of aryl methyl sites for hydroxylation is 1. The van der Waals surface area contributed by atoms with E-state index in [0.29, 0.717) is 24.5 Å². The van der Waals surface area contributed by atoms with Crippen LogP contribution in [0.1, 0.15) is 23.0 Å². The van der Waals surface area contributed by atoms with Crippen LogP contribution in [0, 0.1) is 0 Å². The van der Waals surface area contributed by atoms with Gasteiger partial charge in [-0.25, -0.2) is 0 Å². The Bertz CT molecular complexity index is 605. The monoisotopic (exact) mass is 273 g/mol. The third-order valence-corrected chi connectivity index (χ3v) is 3.08. The first-order chi connectivity index (χ1) is 9.63. The molecule has 5 nitrogen and oxygen atoms in total. The fourth-order valence-electron chi connectivity index (χ4n) is 2.04. The number of carbonyl (C=O) groups excluding carboxylic acids is 1. The number of methoxy groups -OCH3 is 1. The van der Waals surface area contributed by atoms with Gasteiger partial charge in [-0.2, -0.15) is 0 Å². The molecule has 0 radical (unpaired) electrons. The summed E-state index contributed by atoms with van der Waals surface area (Å²) in [5, 5.41) is 2.88. The number of hydrogen-bond donors (Lipinski definition) is 2. The minimum atomic E-state index is -0.133. The number of benzene rings is 1. The van der Waals surface area contributed by atoms with Gasteiger partial charge in [0, 0.05) is 19.3 Å². The number of amides is 1. The van der Waals surface area contributed by atoms with Gasteiger partial charge >= 0.3 is 0 Å². The predicted molar refractivity (Wildman–Crippen MR) is 78.7 cm³/mol. The van der Waals surface area contributed by atoms with Crippen molar-refractivity contribution in [1.29, 1.82) is 0 Å². The van der Waals surface area contributed by atoms with Crippen molar-refractivity contribution in [3.8, 4) is 5.75 Å². The fraction of sp³-hybridized carbons (Fsp3) is 0.267. The van der Waals surface area contributed by atoms with Crippen molar-refractivity contribution in [1.82, 2.24) is 9.88 Å². The maximum absolute atomic E-state index is 12.1. The Balaban J connectivity index is 2.04. The van der Waals surface area contributed by atoms with Gasteiger partial charge in [-0.05, 0) is 30.7 Å². The molecule has 0 unspecified atom stereocenters. The van der Waals surface area contributed by atoms with Gasteiger partial charge in [0.1, 0.15) is 11.4 Å². The highest BCUT2D eigenvalue weighted by Gasteiger charge is 2.11. The number of nitrogen functional groups attached to an aromatic ring is 1. The normalized spacial score (nSPS) is 10.3. The lowest BCUT2D eigenvalue weighted by Gasteiger charge is -2.08. The summed E-state index contributed by atoms with van der Waals surface area (Å²) in [6.07, 6.45) is 1.76. The van der Waals surface area contributed by atoms with Crippen LogP contribution in [0.25, 0.3) is 0 Å². The average molecular weight is 273 g/mol. The Hall–Kier alpha value is -2.43. The molecule has 0 aliphatic carbocycles. The quantitative estimate of drug-likeness (QED) is 0.875. The number of carbonyl (C=O) groups is 1. The Kier molecular flexibility index (Phi) is 4.30. The molecule has 0 saturated carbocycles. The lowest BCUT2D eigenvalue weighted by molar-refractivity contribution is 0.0941. The van der Waals surface area contributed by atoms with Gasteiger partial charge in [-0.15, -0.1) is 0 Å². The Morgan fingerprint density at radius 2 is 2.20 bits per heavy atom. The molecule has 1 aromatic heterocycles. The van der Waals surface area contributed by atoms with Crippen LogP contribution in [-0.4, -0.2) is 17.6 Å². The minimum Gasteiger partial charge on any atom is -0.497 e. The smallest absolute Gasteiger partial charge is 0.268 e. The van der Waals surface area contributed by atoms with Gasteiger partial charge in [0.25, 0.3) is 5.91 Å². The summed E-state index contributed by atoms with van der Waals surface area (Å²) in [6.45, 7) is 3.13. The van der Waals surface area contributed by atoms with E-state index in [2.05, 4.69) is 5.32 Å². The average Bonchev–Trinajstić information content (AvgIpc) is 2.86. The highest BCUT2D eigenvalue weighted by Crippen LogP contribution is 2.13. The number of nitrogens with two attached hydrogens (primary N) is 1. The summed E-state index contributed by atoms with van der Waals surface area (Å²) in [4.78, 5) is 12.1. The number of hydrogen-bond acceptors (Lipinski definition) is 3.